The second-order valence-electron chi connectivity index (χ2n) is 7.50. The number of hydrogen-bond acceptors (Lipinski definition) is 4. The molecule has 1 atom stereocenters. The summed E-state index contributed by atoms with van der Waals surface area (Å²) in [6.07, 6.45) is 2.34. The van der Waals surface area contributed by atoms with Crippen LogP contribution in [0.2, 0.25) is 0 Å². The third-order valence-electron chi connectivity index (χ3n) is 4.75. The van der Waals surface area contributed by atoms with Gasteiger partial charge in [-0.1, -0.05) is 26.0 Å². The maximum absolute atomic E-state index is 12.3. The van der Waals surface area contributed by atoms with Crippen molar-refractivity contribution in [2.75, 3.05) is 25.1 Å². The molecule has 1 N–H and O–H groups in total. The van der Waals surface area contributed by atoms with Gasteiger partial charge in [-0.15, -0.1) is 0 Å². The van der Waals surface area contributed by atoms with Gasteiger partial charge >= 0.3 is 0 Å². The third-order valence-corrected chi connectivity index (χ3v) is 4.75. The number of rotatable bonds is 8. The van der Waals surface area contributed by atoms with Crippen molar-refractivity contribution in [2.24, 2.45) is 0 Å². The molecule has 150 valence electrons. The first-order chi connectivity index (χ1) is 13.5. The predicted octanol–water partition coefficient (Wildman–Crippen LogP) is 4.69. The second kappa shape index (κ2) is 9.60. The lowest BCUT2D eigenvalue weighted by Gasteiger charge is -2.15. The summed E-state index contributed by atoms with van der Waals surface area (Å²) in [5.74, 6) is 1.68. The van der Waals surface area contributed by atoms with Gasteiger partial charge in [-0.3, -0.25) is 4.79 Å². The molecule has 1 unspecified atom stereocenters. The molecule has 2 aromatic rings. The molecule has 28 heavy (non-hydrogen) atoms. The number of hydrogen-bond donors (Lipinski definition) is 1. The molecule has 0 aliphatic carbocycles. The van der Waals surface area contributed by atoms with E-state index in [0.29, 0.717) is 18.2 Å². The van der Waals surface area contributed by atoms with Gasteiger partial charge < -0.3 is 19.5 Å². The molecule has 1 fully saturated rings. The number of anilines is 1. The summed E-state index contributed by atoms with van der Waals surface area (Å²) in [4.78, 5) is 12.3. The van der Waals surface area contributed by atoms with E-state index < -0.39 is 0 Å². The van der Waals surface area contributed by atoms with E-state index in [9.17, 15) is 4.79 Å². The molecule has 0 radical (unpaired) electrons. The van der Waals surface area contributed by atoms with Crippen LogP contribution >= 0.6 is 0 Å². The van der Waals surface area contributed by atoms with Crippen molar-refractivity contribution in [3.05, 3.63) is 53.6 Å². The van der Waals surface area contributed by atoms with Crippen LogP contribution in [-0.4, -0.2) is 31.8 Å². The maximum Gasteiger partial charge on any atom is 0.262 e. The molecular weight excluding hydrogens is 354 g/mol. The van der Waals surface area contributed by atoms with Gasteiger partial charge in [0.1, 0.15) is 18.1 Å². The van der Waals surface area contributed by atoms with Crippen LogP contribution in [0.15, 0.2) is 42.5 Å². The molecule has 5 nitrogen and oxygen atoms in total. The zero-order valence-electron chi connectivity index (χ0n) is 16.9. The molecule has 3 rings (SSSR count). The number of benzene rings is 2. The Morgan fingerprint density at radius 1 is 1.18 bits per heavy atom. The minimum absolute atomic E-state index is 0.0273. The Morgan fingerprint density at radius 2 is 1.96 bits per heavy atom. The van der Waals surface area contributed by atoms with Crippen molar-refractivity contribution in [2.45, 2.75) is 45.6 Å². The molecule has 5 heteroatoms. The molecule has 2 aromatic carbocycles. The lowest BCUT2D eigenvalue weighted by Crippen LogP contribution is -2.20. The fraction of sp³-hybridized carbons (Fsp3) is 0.435. The molecule has 0 saturated carbocycles. The number of amides is 1. The molecule has 0 aromatic heterocycles. The van der Waals surface area contributed by atoms with Crippen LogP contribution < -0.4 is 14.8 Å². The van der Waals surface area contributed by atoms with Crippen molar-refractivity contribution in [3.63, 3.8) is 0 Å². The molecule has 0 bridgehead atoms. The van der Waals surface area contributed by atoms with E-state index in [-0.39, 0.29) is 18.6 Å². The molecule has 1 saturated heterocycles. The summed E-state index contributed by atoms with van der Waals surface area (Å²) < 4.78 is 17.1. The monoisotopic (exact) mass is 383 g/mol. The summed E-state index contributed by atoms with van der Waals surface area (Å²) in [5.41, 5.74) is 2.93. The first-order valence-electron chi connectivity index (χ1n) is 9.89. The highest BCUT2D eigenvalue weighted by Gasteiger charge is 2.16. The summed E-state index contributed by atoms with van der Waals surface area (Å²) in [6.45, 7) is 7.59. The van der Waals surface area contributed by atoms with Crippen molar-refractivity contribution in [3.8, 4) is 11.5 Å². The largest absolute Gasteiger partial charge is 0.491 e. The number of carbonyl (C=O) groups excluding carboxylic acids is 1. The fourth-order valence-electron chi connectivity index (χ4n) is 3.18. The number of aryl methyl sites for hydroxylation is 1. The van der Waals surface area contributed by atoms with Crippen molar-refractivity contribution >= 4 is 11.6 Å². The Hall–Kier alpha value is -2.53. The van der Waals surface area contributed by atoms with Crippen LogP contribution in [0, 0.1) is 6.92 Å². The van der Waals surface area contributed by atoms with E-state index >= 15 is 0 Å². The van der Waals surface area contributed by atoms with Crippen molar-refractivity contribution in [1.82, 2.24) is 0 Å². The minimum Gasteiger partial charge on any atom is -0.491 e. The number of nitrogens with one attached hydrogen (secondary N) is 1. The normalized spacial score (nSPS) is 16.2. The molecule has 1 aliphatic rings. The summed E-state index contributed by atoms with van der Waals surface area (Å²) >= 11 is 0. The first-order valence-corrected chi connectivity index (χ1v) is 9.89. The highest BCUT2D eigenvalue weighted by atomic mass is 16.5. The molecule has 1 amide bonds. The lowest BCUT2D eigenvalue weighted by atomic mass is 10.0. The van der Waals surface area contributed by atoms with Gasteiger partial charge in [0, 0.05) is 12.3 Å². The second-order valence-corrected chi connectivity index (χ2v) is 7.50. The van der Waals surface area contributed by atoms with Crippen LogP contribution in [0.1, 0.15) is 43.7 Å². The smallest absolute Gasteiger partial charge is 0.262 e. The van der Waals surface area contributed by atoms with Crippen LogP contribution in [0.4, 0.5) is 5.69 Å². The van der Waals surface area contributed by atoms with Crippen LogP contribution in [0.25, 0.3) is 0 Å². The average molecular weight is 383 g/mol. The third kappa shape index (κ3) is 5.73. The summed E-state index contributed by atoms with van der Waals surface area (Å²) in [7, 11) is 0. The van der Waals surface area contributed by atoms with Gasteiger partial charge in [0.15, 0.2) is 6.61 Å². The van der Waals surface area contributed by atoms with E-state index in [0.717, 1.165) is 42.1 Å². The fourth-order valence-corrected chi connectivity index (χ4v) is 3.18. The van der Waals surface area contributed by atoms with E-state index in [2.05, 4.69) is 31.3 Å². The zero-order chi connectivity index (χ0) is 19.9. The van der Waals surface area contributed by atoms with E-state index in [1.165, 1.54) is 0 Å². The van der Waals surface area contributed by atoms with Crippen molar-refractivity contribution < 1.29 is 19.0 Å². The molecule has 0 spiro atoms. The summed E-state index contributed by atoms with van der Waals surface area (Å²) in [5, 5.41) is 2.86. The highest BCUT2D eigenvalue weighted by Crippen LogP contribution is 2.27. The number of carbonyl (C=O) groups is 1. The maximum atomic E-state index is 12.3. The highest BCUT2D eigenvalue weighted by molar-refractivity contribution is 5.91. The zero-order valence-corrected chi connectivity index (χ0v) is 16.9. The standard InChI is InChI=1S/C23H29NO4/c1-16(2)21-11-6-17(3)13-22(21)28-15-23(25)24-18-7-9-19(10-8-18)27-14-20-5-4-12-26-20/h6-11,13,16,20H,4-5,12,14-15H2,1-3H3,(H,24,25). The van der Waals surface area contributed by atoms with Crippen LogP contribution in [0.3, 0.4) is 0 Å². The Labute approximate surface area is 167 Å². The molecule has 1 heterocycles. The van der Waals surface area contributed by atoms with Crippen LogP contribution in [0.5, 0.6) is 11.5 Å². The number of ether oxygens (including phenoxy) is 3. The van der Waals surface area contributed by atoms with Gasteiger partial charge in [0.05, 0.1) is 6.10 Å². The quantitative estimate of drug-likeness (QED) is 0.718. The topological polar surface area (TPSA) is 56.8 Å². The predicted molar refractivity (Wildman–Crippen MR) is 110 cm³/mol. The van der Waals surface area contributed by atoms with Gasteiger partial charge in [0.2, 0.25) is 0 Å². The summed E-state index contributed by atoms with van der Waals surface area (Å²) in [6, 6.07) is 13.5. The van der Waals surface area contributed by atoms with Gasteiger partial charge in [-0.25, -0.2) is 0 Å². The van der Waals surface area contributed by atoms with Gasteiger partial charge in [0.25, 0.3) is 5.91 Å². The Bertz CT molecular complexity index is 780. The van der Waals surface area contributed by atoms with Gasteiger partial charge in [-0.2, -0.15) is 0 Å². The van der Waals surface area contributed by atoms with E-state index in [4.69, 9.17) is 14.2 Å². The Morgan fingerprint density at radius 3 is 2.64 bits per heavy atom. The van der Waals surface area contributed by atoms with E-state index in [1.807, 2.05) is 37.3 Å². The minimum atomic E-state index is -0.191. The van der Waals surface area contributed by atoms with Crippen molar-refractivity contribution in [1.29, 1.82) is 0 Å². The average Bonchev–Trinajstić information content (AvgIpc) is 3.19. The Balaban J connectivity index is 1.49. The molecular formula is C23H29NO4. The van der Waals surface area contributed by atoms with Crippen LogP contribution in [-0.2, 0) is 9.53 Å². The lowest BCUT2D eigenvalue weighted by molar-refractivity contribution is -0.118. The Kier molecular flexibility index (Phi) is 6.93. The molecule has 1 aliphatic heterocycles. The first kappa shape index (κ1) is 20.2. The SMILES string of the molecule is Cc1ccc(C(C)C)c(OCC(=O)Nc2ccc(OCC3CCCO3)cc2)c1. The van der Waals surface area contributed by atoms with Gasteiger partial charge in [-0.05, 0) is 67.1 Å². The van der Waals surface area contributed by atoms with E-state index in [1.54, 1.807) is 0 Å².